The van der Waals surface area contributed by atoms with E-state index in [0.29, 0.717) is 29.4 Å². The van der Waals surface area contributed by atoms with Gasteiger partial charge in [-0.1, -0.05) is 31.5 Å². The van der Waals surface area contributed by atoms with Gasteiger partial charge in [-0.25, -0.2) is 17.4 Å². The standard InChI is InChI=1S/C18H21ClN4O2S/c1-11(2)10-20-16-15-9-13(4)23(17(15)22-18(19)21-16)26(24,25)14-7-5-12(3)6-8-14/h5-9,11H,10H2,1-4H3,(H,20,21,22). The Labute approximate surface area is 158 Å². The van der Waals surface area contributed by atoms with Crippen LogP contribution in [0.4, 0.5) is 5.82 Å². The van der Waals surface area contributed by atoms with Crippen LogP contribution in [0, 0.1) is 19.8 Å². The maximum absolute atomic E-state index is 13.2. The molecule has 0 aliphatic carbocycles. The molecule has 3 aromatic rings. The predicted octanol–water partition coefficient (Wildman–Crippen LogP) is 4.01. The third kappa shape index (κ3) is 3.41. The van der Waals surface area contributed by atoms with Crippen LogP contribution in [-0.2, 0) is 10.0 Å². The first-order chi connectivity index (χ1) is 12.2. The van der Waals surface area contributed by atoms with Crippen LogP contribution in [0.5, 0.6) is 0 Å². The molecule has 1 aromatic carbocycles. The molecule has 0 unspecified atom stereocenters. The summed E-state index contributed by atoms with van der Waals surface area (Å²) in [6, 6.07) is 8.49. The van der Waals surface area contributed by atoms with E-state index in [1.807, 2.05) is 6.92 Å². The molecule has 0 bridgehead atoms. The summed E-state index contributed by atoms with van der Waals surface area (Å²) >= 11 is 6.07. The number of rotatable bonds is 5. The number of aryl methyl sites for hydroxylation is 2. The minimum atomic E-state index is -3.79. The molecule has 0 amide bonds. The predicted molar refractivity (Wildman–Crippen MR) is 104 cm³/mol. The Morgan fingerprint density at radius 2 is 1.81 bits per heavy atom. The quantitative estimate of drug-likeness (QED) is 0.664. The van der Waals surface area contributed by atoms with Crippen LogP contribution in [0.25, 0.3) is 11.0 Å². The number of anilines is 1. The van der Waals surface area contributed by atoms with Crippen LogP contribution in [0.2, 0.25) is 5.28 Å². The molecule has 8 heteroatoms. The largest absolute Gasteiger partial charge is 0.369 e. The maximum Gasteiger partial charge on any atom is 0.269 e. The number of halogens is 1. The van der Waals surface area contributed by atoms with E-state index < -0.39 is 10.0 Å². The second kappa shape index (κ2) is 6.89. The SMILES string of the molecule is Cc1ccc(S(=O)(=O)n2c(C)cc3c(NCC(C)C)nc(Cl)nc32)cc1. The number of benzene rings is 1. The molecule has 0 atom stereocenters. The molecule has 3 rings (SSSR count). The highest BCUT2D eigenvalue weighted by molar-refractivity contribution is 7.90. The smallest absolute Gasteiger partial charge is 0.269 e. The Kier molecular flexibility index (Phi) is 4.94. The van der Waals surface area contributed by atoms with Gasteiger partial charge in [0.1, 0.15) is 5.82 Å². The Balaban J connectivity index is 2.20. The van der Waals surface area contributed by atoms with E-state index in [1.165, 1.54) is 3.97 Å². The van der Waals surface area contributed by atoms with Crippen molar-refractivity contribution in [2.45, 2.75) is 32.6 Å². The summed E-state index contributed by atoms with van der Waals surface area (Å²) in [5.74, 6) is 0.938. The van der Waals surface area contributed by atoms with E-state index in [0.717, 1.165) is 5.56 Å². The van der Waals surface area contributed by atoms with Crippen molar-refractivity contribution < 1.29 is 8.42 Å². The van der Waals surface area contributed by atoms with Gasteiger partial charge in [0.15, 0.2) is 5.65 Å². The minimum Gasteiger partial charge on any atom is -0.369 e. The van der Waals surface area contributed by atoms with Crippen LogP contribution in [0.3, 0.4) is 0 Å². The van der Waals surface area contributed by atoms with Gasteiger partial charge in [0, 0.05) is 12.2 Å². The zero-order valence-electron chi connectivity index (χ0n) is 15.1. The topological polar surface area (TPSA) is 76.9 Å². The van der Waals surface area contributed by atoms with Gasteiger partial charge in [-0.2, -0.15) is 4.98 Å². The summed E-state index contributed by atoms with van der Waals surface area (Å²) in [4.78, 5) is 8.62. The third-order valence-corrected chi connectivity index (χ3v) is 5.98. The second-order valence-electron chi connectivity index (χ2n) is 6.72. The molecule has 1 N–H and O–H groups in total. The van der Waals surface area contributed by atoms with Gasteiger partial charge in [0.25, 0.3) is 10.0 Å². The Bertz CT molecular complexity index is 1060. The van der Waals surface area contributed by atoms with E-state index in [2.05, 4.69) is 29.1 Å². The first-order valence-corrected chi connectivity index (χ1v) is 10.1. The molecular weight excluding hydrogens is 372 g/mol. The summed E-state index contributed by atoms with van der Waals surface area (Å²) in [5.41, 5.74) is 1.81. The molecule has 0 spiro atoms. The number of hydrogen-bond acceptors (Lipinski definition) is 5. The summed E-state index contributed by atoms with van der Waals surface area (Å²) in [6.45, 7) is 8.48. The molecule has 0 aliphatic heterocycles. The van der Waals surface area contributed by atoms with Gasteiger partial charge in [-0.3, -0.25) is 0 Å². The Hall–Kier alpha value is -2.12. The molecule has 2 heterocycles. The lowest BCUT2D eigenvalue weighted by molar-refractivity contribution is 0.587. The number of hydrogen-bond donors (Lipinski definition) is 1. The van der Waals surface area contributed by atoms with Gasteiger partial charge < -0.3 is 5.32 Å². The normalized spacial score (nSPS) is 12.1. The van der Waals surface area contributed by atoms with Crippen LogP contribution in [-0.4, -0.2) is 28.9 Å². The fourth-order valence-electron chi connectivity index (χ4n) is 2.71. The van der Waals surface area contributed by atoms with Crippen molar-refractivity contribution in [2.75, 3.05) is 11.9 Å². The molecular formula is C18H21ClN4O2S. The zero-order chi connectivity index (χ0) is 19.1. The van der Waals surface area contributed by atoms with E-state index in [-0.39, 0.29) is 15.8 Å². The minimum absolute atomic E-state index is 0.00205. The number of fused-ring (bicyclic) bond motifs is 1. The lowest BCUT2D eigenvalue weighted by Crippen LogP contribution is -2.15. The van der Waals surface area contributed by atoms with Crippen molar-refractivity contribution in [3.63, 3.8) is 0 Å². The van der Waals surface area contributed by atoms with Crippen LogP contribution >= 0.6 is 11.6 Å². The van der Waals surface area contributed by atoms with Crippen molar-refractivity contribution in [3.05, 3.63) is 46.9 Å². The molecule has 0 radical (unpaired) electrons. The molecule has 0 aliphatic rings. The molecule has 0 saturated heterocycles. The van der Waals surface area contributed by atoms with Gasteiger partial charge in [0.05, 0.1) is 10.3 Å². The fraction of sp³-hybridized carbons (Fsp3) is 0.333. The lowest BCUT2D eigenvalue weighted by Gasteiger charge is -2.11. The molecule has 2 aromatic heterocycles. The van der Waals surface area contributed by atoms with Crippen molar-refractivity contribution >= 4 is 38.5 Å². The van der Waals surface area contributed by atoms with E-state index in [1.54, 1.807) is 37.3 Å². The monoisotopic (exact) mass is 392 g/mol. The van der Waals surface area contributed by atoms with E-state index in [9.17, 15) is 8.42 Å². The lowest BCUT2D eigenvalue weighted by atomic mass is 10.2. The molecule has 6 nitrogen and oxygen atoms in total. The fourth-order valence-corrected chi connectivity index (χ4v) is 4.36. The number of nitrogens with zero attached hydrogens (tertiary/aromatic N) is 3. The first kappa shape index (κ1) is 18.7. The van der Waals surface area contributed by atoms with Crippen LogP contribution < -0.4 is 5.32 Å². The maximum atomic E-state index is 13.2. The first-order valence-electron chi connectivity index (χ1n) is 8.32. The van der Waals surface area contributed by atoms with E-state index in [4.69, 9.17) is 11.6 Å². The Morgan fingerprint density at radius 3 is 2.42 bits per heavy atom. The zero-order valence-corrected chi connectivity index (χ0v) is 16.7. The highest BCUT2D eigenvalue weighted by Crippen LogP contribution is 2.29. The number of nitrogens with one attached hydrogen (secondary N) is 1. The molecule has 0 fully saturated rings. The van der Waals surface area contributed by atoms with Crippen LogP contribution in [0.15, 0.2) is 35.2 Å². The molecule has 138 valence electrons. The van der Waals surface area contributed by atoms with E-state index >= 15 is 0 Å². The molecule has 0 saturated carbocycles. The van der Waals surface area contributed by atoms with Crippen molar-refractivity contribution in [2.24, 2.45) is 5.92 Å². The third-order valence-electron chi connectivity index (χ3n) is 4.00. The van der Waals surface area contributed by atoms with Gasteiger partial charge in [0.2, 0.25) is 5.28 Å². The average Bonchev–Trinajstić information content (AvgIpc) is 2.89. The van der Waals surface area contributed by atoms with Gasteiger partial charge in [-0.05, 0) is 49.6 Å². The number of aromatic nitrogens is 3. The summed E-state index contributed by atoms with van der Waals surface area (Å²) in [6.07, 6.45) is 0. The van der Waals surface area contributed by atoms with Crippen molar-refractivity contribution in [1.82, 2.24) is 13.9 Å². The Morgan fingerprint density at radius 1 is 1.15 bits per heavy atom. The summed E-state index contributed by atoms with van der Waals surface area (Å²) in [5, 5.41) is 3.85. The molecule has 26 heavy (non-hydrogen) atoms. The highest BCUT2D eigenvalue weighted by atomic mass is 35.5. The summed E-state index contributed by atoms with van der Waals surface area (Å²) < 4.78 is 27.6. The average molecular weight is 393 g/mol. The van der Waals surface area contributed by atoms with Crippen molar-refractivity contribution in [3.8, 4) is 0 Å². The highest BCUT2D eigenvalue weighted by Gasteiger charge is 2.24. The van der Waals surface area contributed by atoms with Gasteiger partial charge in [-0.15, -0.1) is 0 Å². The van der Waals surface area contributed by atoms with Crippen LogP contribution in [0.1, 0.15) is 25.1 Å². The summed E-state index contributed by atoms with van der Waals surface area (Å²) in [7, 11) is -3.79. The second-order valence-corrected chi connectivity index (χ2v) is 8.85. The van der Waals surface area contributed by atoms with Gasteiger partial charge >= 0.3 is 0 Å². The van der Waals surface area contributed by atoms with Crippen molar-refractivity contribution in [1.29, 1.82) is 0 Å².